The SMILES string of the molecule is O=C(O)CCCOc1cccc(-c2cccnc2OC2CCCC2)c1. The molecule has 25 heavy (non-hydrogen) atoms. The van der Waals surface area contributed by atoms with Crippen molar-refractivity contribution in [3.63, 3.8) is 0 Å². The standard InChI is InChI=1S/C20H23NO4/c22-19(23)11-5-13-24-17-9-3-6-15(14-17)18-10-4-12-21-20(18)25-16-7-1-2-8-16/h3-4,6,9-10,12,14,16H,1-2,5,7-8,11,13H2,(H,22,23). The van der Waals surface area contributed by atoms with Crippen molar-refractivity contribution in [3.05, 3.63) is 42.6 Å². The van der Waals surface area contributed by atoms with Crippen molar-refractivity contribution >= 4 is 5.97 Å². The van der Waals surface area contributed by atoms with Crippen molar-refractivity contribution in [1.82, 2.24) is 4.98 Å². The molecule has 0 unspecified atom stereocenters. The number of pyridine rings is 1. The van der Waals surface area contributed by atoms with Gasteiger partial charge < -0.3 is 14.6 Å². The van der Waals surface area contributed by atoms with Gasteiger partial charge in [0.15, 0.2) is 0 Å². The Morgan fingerprint density at radius 3 is 2.84 bits per heavy atom. The molecule has 0 aliphatic heterocycles. The van der Waals surface area contributed by atoms with Gasteiger partial charge in [-0.05, 0) is 61.9 Å². The van der Waals surface area contributed by atoms with Crippen LogP contribution >= 0.6 is 0 Å². The molecular weight excluding hydrogens is 318 g/mol. The molecule has 1 heterocycles. The first-order chi connectivity index (χ1) is 12.2. The minimum Gasteiger partial charge on any atom is -0.494 e. The van der Waals surface area contributed by atoms with Crippen molar-refractivity contribution in [1.29, 1.82) is 0 Å². The highest BCUT2D eigenvalue weighted by atomic mass is 16.5. The van der Waals surface area contributed by atoms with Crippen molar-refractivity contribution in [2.24, 2.45) is 0 Å². The van der Waals surface area contributed by atoms with Crippen LogP contribution in [0.1, 0.15) is 38.5 Å². The van der Waals surface area contributed by atoms with E-state index >= 15 is 0 Å². The number of aromatic nitrogens is 1. The number of carbonyl (C=O) groups is 1. The molecular formula is C20H23NO4. The van der Waals surface area contributed by atoms with Crippen LogP contribution in [-0.2, 0) is 4.79 Å². The van der Waals surface area contributed by atoms with Crippen LogP contribution in [0.2, 0.25) is 0 Å². The van der Waals surface area contributed by atoms with E-state index in [4.69, 9.17) is 14.6 Å². The molecule has 2 aromatic rings. The lowest BCUT2D eigenvalue weighted by atomic mass is 10.1. The van der Waals surface area contributed by atoms with Crippen molar-refractivity contribution in [2.45, 2.75) is 44.6 Å². The molecule has 0 saturated heterocycles. The number of carboxylic acid groups (broad SMARTS) is 1. The van der Waals surface area contributed by atoms with Gasteiger partial charge in [0.05, 0.1) is 6.61 Å². The molecule has 1 aliphatic rings. The van der Waals surface area contributed by atoms with E-state index in [-0.39, 0.29) is 12.5 Å². The summed E-state index contributed by atoms with van der Waals surface area (Å²) in [4.78, 5) is 15.0. The van der Waals surface area contributed by atoms with Crippen molar-refractivity contribution in [2.75, 3.05) is 6.61 Å². The van der Waals surface area contributed by atoms with Gasteiger partial charge >= 0.3 is 5.97 Å². The lowest BCUT2D eigenvalue weighted by molar-refractivity contribution is -0.137. The van der Waals surface area contributed by atoms with Gasteiger partial charge in [-0.3, -0.25) is 4.79 Å². The molecule has 1 N–H and O–H groups in total. The first-order valence-corrected chi connectivity index (χ1v) is 8.79. The predicted octanol–water partition coefficient (Wildman–Crippen LogP) is 4.31. The maximum absolute atomic E-state index is 10.6. The molecule has 3 rings (SSSR count). The second-order valence-corrected chi connectivity index (χ2v) is 6.25. The number of benzene rings is 1. The molecule has 1 fully saturated rings. The van der Waals surface area contributed by atoms with Gasteiger partial charge in [0.1, 0.15) is 11.9 Å². The monoisotopic (exact) mass is 341 g/mol. The average Bonchev–Trinajstić information content (AvgIpc) is 3.12. The predicted molar refractivity (Wildman–Crippen MR) is 94.9 cm³/mol. The molecule has 0 bridgehead atoms. The topological polar surface area (TPSA) is 68.7 Å². The Balaban J connectivity index is 1.70. The maximum Gasteiger partial charge on any atom is 0.303 e. The molecule has 0 amide bonds. The highest BCUT2D eigenvalue weighted by Gasteiger charge is 2.19. The highest BCUT2D eigenvalue weighted by Crippen LogP contribution is 2.33. The van der Waals surface area contributed by atoms with E-state index < -0.39 is 5.97 Å². The van der Waals surface area contributed by atoms with Crippen LogP contribution in [0.4, 0.5) is 0 Å². The Labute approximate surface area is 147 Å². The van der Waals surface area contributed by atoms with Crippen LogP contribution < -0.4 is 9.47 Å². The Bertz CT molecular complexity index is 710. The molecule has 5 heteroatoms. The van der Waals surface area contributed by atoms with Gasteiger partial charge in [0.2, 0.25) is 5.88 Å². The van der Waals surface area contributed by atoms with E-state index in [1.807, 2.05) is 36.4 Å². The normalized spacial score (nSPS) is 14.4. The molecule has 5 nitrogen and oxygen atoms in total. The second kappa shape index (κ2) is 8.51. The number of aliphatic carboxylic acids is 1. The van der Waals surface area contributed by atoms with E-state index in [0.717, 1.165) is 29.7 Å². The summed E-state index contributed by atoms with van der Waals surface area (Å²) in [6, 6.07) is 11.6. The van der Waals surface area contributed by atoms with Crippen LogP contribution in [0.5, 0.6) is 11.6 Å². The molecule has 1 saturated carbocycles. The first-order valence-electron chi connectivity index (χ1n) is 8.79. The summed E-state index contributed by atoms with van der Waals surface area (Å²) in [6.45, 7) is 0.383. The number of ether oxygens (including phenoxy) is 2. The van der Waals surface area contributed by atoms with E-state index in [9.17, 15) is 4.79 Å². The van der Waals surface area contributed by atoms with Crippen molar-refractivity contribution < 1.29 is 19.4 Å². The molecule has 0 radical (unpaired) electrons. The largest absolute Gasteiger partial charge is 0.494 e. The Kier molecular flexibility index (Phi) is 5.88. The van der Waals surface area contributed by atoms with Gasteiger partial charge in [-0.15, -0.1) is 0 Å². The fourth-order valence-corrected chi connectivity index (χ4v) is 3.04. The molecule has 0 spiro atoms. The smallest absolute Gasteiger partial charge is 0.303 e. The Morgan fingerprint density at radius 1 is 1.20 bits per heavy atom. The third-order valence-corrected chi connectivity index (χ3v) is 4.30. The Hall–Kier alpha value is -2.56. The number of nitrogens with zero attached hydrogens (tertiary/aromatic N) is 1. The maximum atomic E-state index is 10.6. The average molecular weight is 341 g/mol. The zero-order valence-corrected chi connectivity index (χ0v) is 14.2. The number of rotatable bonds is 8. The van der Waals surface area contributed by atoms with Crippen LogP contribution in [0.3, 0.4) is 0 Å². The summed E-state index contributed by atoms with van der Waals surface area (Å²) in [7, 11) is 0. The Morgan fingerprint density at radius 2 is 2.04 bits per heavy atom. The fraction of sp³-hybridized carbons (Fsp3) is 0.400. The molecule has 0 atom stereocenters. The number of hydrogen-bond acceptors (Lipinski definition) is 4. The summed E-state index contributed by atoms with van der Waals surface area (Å²) in [5.41, 5.74) is 1.93. The van der Waals surface area contributed by atoms with Crippen LogP contribution in [0.15, 0.2) is 42.6 Å². The van der Waals surface area contributed by atoms with E-state index in [1.54, 1.807) is 6.20 Å². The lowest BCUT2D eigenvalue weighted by Gasteiger charge is -2.15. The van der Waals surface area contributed by atoms with Crippen LogP contribution in [-0.4, -0.2) is 28.8 Å². The zero-order valence-electron chi connectivity index (χ0n) is 14.2. The second-order valence-electron chi connectivity index (χ2n) is 6.25. The minimum absolute atomic E-state index is 0.113. The van der Waals surface area contributed by atoms with Crippen molar-refractivity contribution in [3.8, 4) is 22.8 Å². The van der Waals surface area contributed by atoms with Gasteiger partial charge in [0, 0.05) is 18.2 Å². The quantitative estimate of drug-likeness (QED) is 0.725. The third-order valence-electron chi connectivity index (χ3n) is 4.30. The van der Waals surface area contributed by atoms with Gasteiger partial charge in [-0.2, -0.15) is 0 Å². The number of hydrogen-bond donors (Lipinski definition) is 1. The zero-order chi connectivity index (χ0) is 17.5. The van der Waals surface area contributed by atoms with Gasteiger partial charge in [-0.25, -0.2) is 4.98 Å². The highest BCUT2D eigenvalue weighted by molar-refractivity contribution is 5.69. The third kappa shape index (κ3) is 4.95. The summed E-state index contributed by atoms with van der Waals surface area (Å²) < 4.78 is 11.8. The molecule has 1 aliphatic carbocycles. The molecule has 1 aromatic heterocycles. The van der Waals surface area contributed by atoms with E-state index in [1.165, 1.54) is 12.8 Å². The van der Waals surface area contributed by atoms with Gasteiger partial charge in [0.25, 0.3) is 0 Å². The minimum atomic E-state index is -0.804. The first kappa shape index (κ1) is 17.3. The number of carboxylic acids is 1. The van der Waals surface area contributed by atoms with E-state index in [0.29, 0.717) is 18.9 Å². The van der Waals surface area contributed by atoms with Crippen LogP contribution in [0, 0.1) is 0 Å². The summed E-state index contributed by atoms with van der Waals surface area (Å²) in [6.07, 6.45) is 7.21. The summed E-state index contributed by atoms with van der Waals surface area (Å²) in [5, 5.41) is 8.67. The lowest BCUT2D eigenvalue weighted by Crippen LogP contribution is -2.12. The van der Waals surface area contributed by atoms with E-state index in [2.05, 4.69) is 4.98 Å². The molecule has 132 valence electrons. The van der Waals surface area contributed by atoms with Gasteiger partial charge in [-0.1, -0.05) is 12.1 Å². The summed E-state index contributed by atoms with van der Waals surface area (Å²) >= 11 is 0. The molecule has 1 aromatic carbocycles. The summed E-state index contributed by atoms with van der Waals surface area (Å²) in [5.74, 6) is 0.581. The van der Waals surface area contributed by atoms with Crippen LogP contribution in [0.25, 0.3) is 11.1 Å². The fourth-order valence-electron chi connectivity index (χ4n) is 3.04.